The Bertz CT molecular complexity index is 936. The number of amides is 1. The van der Waals surface area contributed by atoms with Crippen molar-refractivity contribution in [2.45, 2.75) is 25.7 Å². The van der Waals surface area contributed by atoms with Crippen LogP contribution in [0.2, 0.25) is 0 Å². The molecule has 5 nitrogen and oxygen atoms in total. The number of nitrogens with zero attached hydrogens (tertiary/aromatic N) is 2. The van der Waals surface area contributed by atoms with E-state index in [1.54, 1.807) is 19.1 Å². The number of rotatable bonds is 4. The summed E-state index contributed by atoms with van der Waals surface area (Å²) in [5.41, 5.74) is 2.70. The van der Waals surface area contributed by atoms with E-state index in [-0.39, 0.29) is 24.2 Å². The predicted octanol–water partition coefficient (Wildman–Crippen LogP) is 4.09. The summed E-state index contributed by atoms with van der Waals surface area (Å²) >= 11 is 0. The molecule has 4 rings (SSSR count). The number of carbonyl (C=O) groups is 1. The zero-order chi connectivity index (χ0) is 18.8. The Balaban J connectivity index is 1.39. The maximum Gasteiger partial charge on any atom is 0.238 e. The number of fused-ring (bicyclic) bond motifs is 1. The number of aromatic nitrogens is 1. The number of aryl methyl sites for hydroxylation is 1. The predicted molar refractivity (Wildman–Crippen MR) is 102 cm³/mol. The largest absolute Gasteiger partial charge is 0.440 e. The number of benzene rings is 2. The molecular weight excluding hydrogens is 345 g/mol. The van der Waals surface area contributed by atoms with E-state index in [2.05, 4.69) is 15.2 Å². The normalized spacial score (nSPS) is 17.9. The zero-order valence-corrected chi connectivity index (χ0v) is 15.2. The minimum atomic E-state index is -0.318. The van der Waals surface area contributed by atoms with Crippen molar-refractivity contribution >= 4 is 22.7 Å². The van der Waals surface area contributed by atoms with E-state index in [1.807, 2.05) is 24.3 Å². The van der Waals surface area contributed by atoms with Crippen LogP contribution >= 0.6 is 0 Å². The SMILES string of the molecule is Cc1ccc(NC(=O)CN2CCCC(c3nc4ccccc4o3)C2)cc1F. The zero-order valence-electron chi connectivity index (χ0n) is 15.2. The number of piperidine rings is 1. The van der Waals surface area contributed by atoms with Gasteiger partial charge >= 0.3 is 0 Å². The van der Waals surface area contributed by atoms with E-state index < -0.39 is 0 Å². The molecule has 1 unspecified atom stereocenters. The summed E-state index contributed by atoms with van der Waals surface area (Å²) in [6.07, 6.45) is 1.98. The van der Waals surface area contributed by atoms with Crippen molar-refractivity contribution in [1.29, 1.82) is 0 Å². The van der Waals surface area contributed by atoms with Gasteiger partial charge in [-0.05, 0) is 56.1 Å². The average molecular weight is 367 g/mol. The topological polar surface area (TPSA) is 58.4 Å². The van der Waals surface area contributed by atoms with E-state index in [4.69, 9.17) is 4.42 Å². The third-order valence-corrected chi connectivity index (χ3v) is 4.99. The molecule has 140 valence electrons. The lowest BCUT2D eigenvalue weighted by Crippen LogP contribution is -2.39. The standard InChI is InChI=1S/C21H22FN3O2/c1-14-8-9-16(11-17(14)22)23-20(26)13-25-10-4-5-15(12-25)21-24-18-6-2-3-7-19(18)27-21/h2-3,6-9,11,15H,4-5,10,12-13H2,1H3,(H,23,26). The van der Waals surface area contributed by atoms with Gasteiger partial charge in [-0.3, -0.25) is 9.69 Å². The van der Waals surface area contributed by atoms with Crippen LogP contribution in [-0.4, -0.2) is 35.4 Å². The fourth-order valence-corrected chi connectivity index (χ4v) is 3.54. The minimum Gasteiger partial charge on any atom is -0.440 e. The molecule has 1 saturated heterocycles. The Hall–Kier alpha value is -2.73. The Morgan fingerprint density at radius 2 is 2.19 bits per heavy atom. The van der Waals surface area contributed by atoms with Crippen molar-refractivity contribution in [1.82, 2.24) is 9.88 Å². The maximum absolute atomic E-state index is 13.6. The van der Waals surface area contributed by atoms with Crippen LogP contribution in [0.5, 0.6) is 0 Å². The first-order valence-electron chi connectivity index (χ1n) is 9.22. The summed E-state index contributed by atoms with van der Waals surface area (Å²) in [6, 6.07) is 12.5. The molecule has 0 saturated carbocycles. The van der Waals surface area contributed by atoms with Crippen molar-refractivity contribution in [3.63, 3.8) is 0 Å². The fraction of sp³-hybridized carbons (Fsp3) is 0.333. The van der Waals surface area contributed by atoms with Crippen LogP contribution < -0.4 is 5.32 Å². The number of hydrogen-bond acceptors (Lipinski definition) is 4. The van der Waals surface area contributed by atoms with E-state index in [0.29, 0.717) is 11.3 Å². The Labute approximate surface area is 157 Å². The van der Waals surface area contributed by atoms with Gasteiger partial charge in [0, 0.05) is 18.2 Å². The lowest BCUT2D eigenvalue weighted by atomic mass is 9.98. The molecule has 1 fully saturated rings. The van der Waals surface area contributed by atoms with Gasteiger partial charge in [0.1, 0.15) is 11.3 Å². The Kier molecular flexibility index (Phi) is 4.90. The molecule has 27 heavy (non-hydrogen) atoms. The van der Waals surface area contributed by atoms with Gasteiger partial charge in [0.05, 0.1) is 6.54 Å². The second-order valence-electron chi connectivity index (χ2n) is 7.11. The summed E-state index contributed by atoms with van der Waals surface area (Å²) in [5, 5.41) is 2.77. The summed E-state index contributed by atoms with van der Waals surface area (Å²) in [7, 11) is 0. The van der Waals surface area contributed by atoms with Crippen molar-refractivity contribution in [3.8, 4) is 0 Å². The fourth-order valence-electron chi connectivity index (χ4n) is 3.54. The Morgan fingerprint density at radius 3 is 3.00 bits per heavy atom. The molecule has 0 spiro atoms. The van der Waals surface area contributed by atoms with Crippen LogP contribution in [0.1, 0.15) is 30.2 Å². The van der Waals surface area contributed by atoms with Crippen LogP contribution in [0.3, 0.4) is 0 Å². The van der Waals surface area contributed by atoms with Crippen LogP contribution in [0, 0.1) is 12.7 Å². The third kappa shape index (κ3) is 4.01. The van der Waals surface area contributed by atoms with Crippen LogP contribution in [0.15, 0.2) is 46.9 Å². The lowest BCUT2D eigenvalue weighted by molar-refractivity contribution is -0.117. The molecule has 1 aromatic heterocycles. The lowest BCUT2D eigenvalue weighted by Gasteiger charge is -2.30. The van der Waals surface area contributed by atoms with Crippen LogP contribution in [0.4, 0.5) is 10.1 Å². The summed E-state index contributed by atoms with van der Waals surface area (Å²) < 4.78 is 19.5. The molecule has 0 bridgehead atoms. The molecule has 6 heteroatoms. The first-order valence-corrected chi connectivity index (χ1v) is 9.22. The Morgan fingerprint density at radius 1 is 1.33 bits per heavy atom. The molecule has 3 aromatic rings. The smallest absolute Gasteiger partial charge is 0.238 e. The molecule has 0 aliphatic carbocycles. The quantitative estimate of drug-likeness (QED) is 0.754. The molecule has 1 atom stereocenters. The van der Waals surface area contributed by atoms with Gasteiger partial charge in [-0.1, -0.05) is 18.2 Å². The van der Waals surface area contributed by atoms with E-state index >= 15 is 0 Å². The highest BCUT2D eigenvalue weighted by molar-refractivity contribution is 5.92. The third-order valence-electron chi connectivity index (χ3n) is 4.99. The number of para-hydroxylation sites is 2. The van der Waals surface area contributed by atoms with Gasteiger partial charge in [-0.2, -0.15) is 0 Å². The summed E-state index contributed by atoms with van der Waals surface area (Å²) in [6.45, 7) is 3.54. The van der Waals surface area contributed by atoms with E-state index in [9.17, 15) is 9.18 Å². The number of halogens is 1. The first kappa shape index (κ1) is 17.7. The highest BCUT2D eigenvalue weighted by Gasteiger charge is 2.26. The van der Waals surface area contributed by atoms with Gasteiger partial charge in [0.2, 0.25) is 5.91 Å². The van der Waals surface area contributed by atoms with Crippen molar-refractivity contribution < 1.29 is 13.6 Å². The molecule has 1 aliphatic heterocycles. The minimum absolute atomic E-state index is 0.142. The molecule has 0 radical (unpaired) electrons. The number of oxazole rings is 1. The van der Waals surface area contributed by atoms with Crippen molar-refractivity contribution in [2.75, 3.05) is 25.0 Å². The first-order chi connectivity index (χ1) is 13.1. The second-order valence-corrected chi connectivity index (χ2v) is 7.11. The van der Waals surface area contributed by atoms with Gasteiger partial charge in [-0.25, -0.2) is 9.37 Å². The maximum atomic E-state index is 13.6. The van der Waals surface area contributed by atoms with E-state index in [1.165, 1.54) is 6.07 Å². The summed E-state index contributed by atoms with van der Waals surface area (Å²) in [4.78, 5) is 19.0. The number of hydrogen-bond donors (Lipinski definition) is 1. The summed E-state index contributed by atoms with van der Waals surface area (Å²) in [5.74, 6) is 0.455. The van der Waals surface area contributed by atoms with Crippen molar-refractivity contribution in [3.05, 3.63) is 59.7 Å². The van der Waals surface area contributed by atoms with Crippen molar-refractivity contribution in [2.24, 2.45) is 0 Å². The number of likely N-dealkylation sites (tertiary alicyclic amines) is 1. The highest BCUT2D eigenvalue weighted by atomic mass is 19.1. The van der Waals surface area contributed by atoms with Gasteiger partial charge in [0.15, 0.2) is 11.5 Å². The molecule has 2 heterocycles. The number of anilines is 1. The highest BCUT2D eigenvalue weighted by Crippen LogP contribution is 2.28. The number of carbonyl (C=O) groups excluding carboxylic acids is 1. The van der Waals surface area contributed by atoms with Gasteiger partial charge in [0.25, 0.3) is 0 Å². The molecular formula is C21H22FN3O2. The molecule has 1 aliphatic rings. The number of nitrogens with one attached hydrogen (secondary N) is 1. The molecule has 2 aromatic carbocycles. The van der Waals surface area contributed by atoms with Gasteiger partial charge in [-0.15, -0.1) is 0 Å². The van der Waals surface area contributed by atoms with Gasteiger partial charge < -0.3 is 9.73 Å². The molecule has 1 N–H and O–H groups in total. The van der Waals surface area contributed by atoms with Crippen LogP contribution in [0.25, 0.3) is 11.1 Å². The van der Waals surface area contributed by atoms with Crippen LogP contribution in [-0.2, 0) is 4.79 Å². The molecule has 1 amide bonds. The van der Waals surface area contributed by atoms with E-state index in [0.717, 1.165) is 42.9 Å². The average Bonchev–Trinajstić information content (AvgIpc) is 3.09. The monoisotopic (exact) mass is 367 g/mol. The second kappa shape index (κ2) is 7.48.